The van der Waals surface area contributed by atoms with Crippen molar-refractivity contribution in [3.05, 3.63) is 70.9 Å². The summed E-state index contributed by atoms with van der Waals surface area (Å²) in [5.41, 5.74) is 2.71. The zero-order valence-corrected chi connectivity index (χ0v) is 22.3. The number of rotatable bonds is 8. The first-order valence-corrected chi connectivity index (χ1v) is 13.9. The highest BCUT2D eigenvalue weighted by molar-refractivity contribution is 5.95. The number of likely N-dealkylation sites (tertiary alicyclic amines) is 1. The number of fused-ring (bicyclic) bond motifs is 1. The number of piperidine rings is 1. The third-order valence-electron chi connectivity index (χ3n) is 8.14. The molecule has 3 N–H and O–H groups in total. The second kappa shape index (κ2) is 10.7. The first-order valence-electron chi connectivity index (χ1n) is 13.9. The Morgan fingerprint density at radius 1 is 1.13 bits per heavy atom. The van der Waals surface area contributed by atoms with Gasteiger partial charge in [-0.2, -0.15) is 5.10 Å². The van der Waals surface area contributed by atoms with Crippen LogP contribution in [0.15, 0.2) is 59.8 Å². The standard InChI is InChI=1S/C30H35N7O2/c1-30(20-38,19-36-14-2-3-15-36)37-18-24(17-33-37)26-16-23-10-13-32-29(39)27(23)28(35-26)34-25-6-4-21(5-7-25)22-8-11-31-12-9-22/h4-7,10,13,16-18,20,22,31H,2-3,8-9,11-12,14-15,19H2,1H3,(H,32,39)(H,34,35). The number of hydrogen-bond donors (Lipinski definition) is 3. The van der Waals surface area contributed by atoms with Crippen LogP contribution in [0.3, 0.4) is 0 Å². The molecule has 0 amide bonds. The smallest absolute Gasteiger partial charge is 0.259 e. The number of anilines is 2. The van der Waals surface area contributed by atoms with Gasteiger partial charge < -0.3 is 25.3 Å². The van der Waals surface area contributed by atoms with E-state index in [4.69, 9.17) is 4.98 Å². The molecule has 0 bridgehead atoms. The molecule has 1 atom stereocenters. The summed E-state index contributed by atoms with van der Waals surface area (Å²) in [5.74, 6) is 1.06. The maximum Gasteiger partial charge on any atom is 0.259 e. The van der Waals surface area contributed by atoms with E-state index in [1.54, 1.807) is 17.1 Å². The number of pyridine rings is 2. The van der Waals surface area contributed by atoms with Gasteiger partial charge in [-0.1, -0.05) is 12.1 Å². The number of H-pyrrole nitrogens is 1. The second-order valence-electron chi connectivity index (χ2n) is 11.0. The van der Waals surface area contributed by atoms with Crippen molar-refractivity contribution < 1.29 is 4.79 Å². The van der Waals surface area contributed by atoms with Gasteiger partial charge in [0.2, 0.25) is 0 Å². The summed E-state index contributed by atoms with van der Waals surface area (Å²) in [6.07, 6.45) is 10.9. The third-order valence-corrected chi connectivity index (χ3v) is 8.14. The van der Waals surface area contributed by atoms with E-state index < -0.39 is 5.54 Å². The lowest BCUT2D eigenvalue weighted by Crippen LogP contribution is -2.43. The summed E-state index contributed by atoms with van der Waals surface area (Å²) in [4.78, 5) is 35.0. The fourth-order valence-electron chi connectivity index (χ4n) is 5.87. The highest BCUT2D eigenvalue weighted by atomic mass is 16.1. The maximum atomic E-state index is 12.8. The van der Waals surface area contributed by atoms with Crippen LogP contribution in [-0.2, 0) is 10.3 Å². The molecular weight excluding hydrogens is 490 g/mol. The molecule has 9 heteroatoms. The fourth-order valence-corrected chi connectivity index (χ4v) is 5.87. The van der Waals surface area contributed by atoms with Crippen molar-refractivity contribution >= 4 is 28.6 Å². The van der Waals surface area contributed by atoms with Crippen LogP contribution in [0.4, 0.5) is 11.5 Å². The zero-order chi connectivity index (χ0) is 26.8. The Morgan fingerprint density at radius 2 is 1.90 bits per heavy atom. The molecule has 0 spiro atoms. The van der Waals surface area contributed by atoms with Crippen LogP contribution in [0.1, 0.15) is 44.1 Å². The van der Waals surface area contributed by atoms with Gasteiger partial charge in [-0.25, -0.2) is 4.98 Å². The molecule has 1 unspecified atom stereocenters. The number of hydrogen-bond acceptors (Lipinski definition) is 7. The van der Waals surface area contributed by atoms with E-state index in [-0.39, 0.29) is 5.56 Å². The number of nitrogens with one attached hydrogen (secondary N) is 3. The summed E-state index contributed by atoms with van der Waals surface area (Å²) in [6, 6.07) is 12.2. The van der Waals surface area contributed by atoms with Gasteiger partial charge in [0.05, 0.1) is 17.3 Å². The lowest BCUT2D eigenvalue weighted by molar-refractivity contribution is -0.115. The van der Waals surface area contributed by atoms with Gasteiger partial charge >= 0.3 is 0 Å². The Labute approximate surface area is 227 Å². The summed E-state index contributed by atoms with van der Waals surface area (Å²) >= 11 is 0. The molecule has 2 aliphatic heterocycles. The molecule has 9 nitrogen and oxygen atoms in total. The van der Waals surface area contributed by atoms with Crippen LogP contribution in [0, 0.1) is 0 Å². The molecule has 1 aromatic carbocycles. The summed E-state index contributed by atoms with van der Waals surface area (Å²) in [6.45, 7) is 6.66. The first-order chi connectivity index (χ1) is 19.0. The third kappa shape index (κ3) is 5.24. The van der Waals surface area contributed by atoms with Gasteiger partial charge in [0.15, 0.2) is 0 Å². The van der Waals surface area contributed by atoms with Gasteiger partial charge in [0.1, 0.15) is 17.6 Å². The Hall–Kier alpha value is -3.82. The van der Waals surface area contributed by atoms with Crippen LogP contribution in [-0.4, -0.2) is 63.7 Å². The molecular formula is C30H35N7O2. The molecule has 2 aliphatic rings. The van der Waals surface area contributed by atoms with Crippen molar-refractivity contribution in [1.82, 2.24) is 30.0 Å². The van der Waals surface area contributed by atoms with Crippen molar-refractivity contribution in [2.24, 2.45) is 0 Å². The van der Waals surface area contributed by atoms with E-state index in [0.717, 1.165) is 74.8 Å². The van der Waals surface area contributed by atoms with Gasteiger partial charge in [0.25, 0.3) is 5.56 Å². The van der Waals surface area contributed by atoms with Crippen molar-refractivity contribution in [2.75, 3.05) is 38.0 Å². The SMILES string of the molecule is CC(C=O)(CN1CCCC1)n1cc(-c2cc3cc[nH]c(=O)c3c(Nc3ccc(C4CCNCC4)cc3)n2)cn1. The number of carbonyl (C=O) groups is 1. The topological polar surface area (TPSA) is 108 Å². The van der Waals surface area contributed by atoms with Crippen LogP contribution >= 0.6 is 0 Å². The quantitative estimate of drug-likeness (QED) is 0.298. The predicted octanol–water partition coefficient (Wildman–Crippen LogP) is 4.01. The Bertz CT molecular complexity index is 1510. The van der Waals surface area contributed by atoms with E-state index in [0.29, 0.717) is 29.4 Å². The predicted molar refractivity (Wildman–Crippen MR) is 154 cm³/mol. The summed E-state index contributed by atoms with van der Waals surface area (Å²) in [7, 11) is 0. The van der Waals surface area contributed by atoms with Crippen molar-refractivity contribution in [3.8, 4) is 11.3 Å². The van der Waals surface area contributed by atoms with Crippen molar-refractivity contribution in [2.45, 2.75) is 44.1 Å². The minimum Gasteiger partial charge on any atom is -0.340 e. The van der Waals surface area contributed by atoms with E-state index >= 15 is 0 Å². The first kappa shape index (κ1) is 25.5. The lowest BCUT2D eigenvalue weighted by Gasteiger charge is -2.29. The average Bonchev–Trinajstić information content (AvgIpc) is 3.67. The molecule has 2 saturated heterocycles. The van der Waals surface area contributed by atoms with Gasteiger partial charge in [0, 0.05) is 30.2 Å². The van der Waals surface area contributed by atoms with E-state index in [1.807, 2.05) is 25.3 Å². The molecule has 5 heterocycles. The molecule has 3 aromatic heterocycles. The molecule has 2 fully saturated rings. The Kier molecular flexibility index (Phi) is 7.01. The molecule has 6 rings (SSSR count). The number of aromatic amines is 1. The monoisotopic (exact) mass is 525 g/mol. The van der Waals surface area contributed by atoms with Crippen LogP contribution in [0.2, 0.25) is 0 Å². The van der Waals surface area contributed by atoms with Gasteiger partial charge in [-0.05, 0) is 99.9 Å². The molecule has 4 aromatic rings. The average molecular weight is 526 g/mol. The highest BCUT2D eigenvalue weighted by Gasteiger charge is 2.31. The Morgan fingerprint density at radius 3 is 2.64 bits per heavy atom. The van der Waals surface area contributed by atoms with Crippen molar-refractivity contribution in [3.63, 3.8) is 0 Å². The number of nitrogens with zero attached hydrogens (tertiary/aromatic N) is 4. The summed E-state index contributed by atoms with van der Waals surface area (Å²) < 4.78 is 1.74. The largest absolute Gasteiger partial charge is 0.340 e. The lowest BCUT2D eigenvalue weighted by atomic mass is 9.90. The van der Waals surface area contributed by atoms with Crippen LogP contribution < -0.4 is 16.2 Å². The second-order valence-corrected chi connectivity index (χ2v) is 11.0. The van der Waals surface area contributed by atoms with Crippen LogP contribution in [0.25, 0.3) is 22.0 Å². The zero-order valence-electron chi connectivity index (χ0n) is 22.3. The maximum absolute atomic E-state index is 12.8. The van der Waals surface area contributed by atoms with E-state index in [9.17, 15) is 9.59 Å². The molecule has 0 radical (unpaired) electrons. The molecule has 0 aliphatic carbocycles. The van der Waals surface area contributed by atoms with Gasteiger partial charge in [-0.3, -0.25) is 9.48 Å². The number of aldehydes is 1. The van der Waals surface area contributed by atoms with E-state index in [2.05, 4.69) is 49.9 Å². The molecule has 202 valence electrons. The van der Waals surface area contributed by atoms with E-state index in [1.165, 1.54) is 5.56 Å². The van der Waals surface area contributed by atoms with Gasteiger partial charge in [-0.15, -0.1) is 0 Å². The highest BCUT2D eigenvalue weighted by Crippen LogP contribution is 2.30. The normalized spacial score (nSPS) is 18.3. The van der Waals surface area contributed by atoms with Crippen LogP contribution in [0.5, 0.6) is 0 Å². The summed E-state index contributed by atoms with van der Waals surface area (Å²) in [5, 5.41) is 12.7. The number of aromatic nitrogens is 4. The minimum absolute atomic E-state index is 0.199. The fraction of sp³-hybridized carbons (Fsp3) is 0.400. The molecule has 39 heavy (non-hydrogen) atoms. The minimum atomic E-state index is -0.770. The molecule has 0 saturated carbocycles. The number of carbonyl (C=O) groups excluding carboxylic acids is 1. The Balaban J connectivity index is 1.32. The van der Waals surface area contributed by atoms with Crippen molar-refractivity contribution in [1.29, 1.82) is 0 Å². The number of benzene rings is 1.